The van der Waals surface area contributed by atoms with Gasteiger partial charge >= 0.3 is 0 Å². The third-order valence-corrected chi connectivity index (χ3v) is 2.60. The van der Waals surface area contributed by atoms with Gasteiger partial charge in [-0.05, 0) is 10.8 Å². The van der Waals surface area contributed by atoms with E-state index in [1.54, 1.807) is 0 Å². The largest absolute Gasteiger partial charge is 0.409 e. The Labute approximate surface area is 119 Å². The maximum Gasteiger partial charge on any atom is 0.226 e. The molecule has 1 heterocycles. The number of carbonyl (C=O) groups is 1. The minimum atomic E-state index is -0.426. The maximum atomic E-state index is 11.9. The molecule has 0 amide bonds. The van der Waals surface area contributed by atoms with Gasteiger partial charge in [-0.25, -0.2) is 0 Å². The van der Waals surface area contributed by atoms with Gasteiger partial charge < -0.3 is 10.9 Å². The fourth-order valence-corrected chi connectivity index (χ4v) is 1.61. The highest BCUT2D eigenvalue weighted by Gasteiger charge is 2.14. The number of oxime groups is 1. The summed E-state index contributed by atoms with van der Waals surface area (Å²) in [7, 11) is 0. The summed E-state index contributed by atoms with van der Waals surface area (Å²) in [6, 6.07) is 9.29. The van der Waals surface area contributed by atoms with Crippen molar-refractivity contribution in [2.75, 3.05) is 0 Å². The molecule has 2 aromatic rings. The Morgan fingerprint density at radius 1 is 1.38 bits per heavy atom. The van der Waals surface area contributed by atoms with Crippen LogP contribution >= 0.6 is 0 Å². The van der Waals surface area contributed by atoms with Gasteiger partial charge in [0.25, 0.3) is 0 Å². The second-order valence-electron chi connectivity index (χ2n) is 4.20. The van der Waals surface area contributed by atoms with Gasteiger partial charge in [-0.15, -0.1) is 10.2 Å². The molecule has 0 aliphatic rings. The molecule has 0 saturated carbocycles. The normalized spacial score (nSPS) is 11.3. The zero-order valence-electron chi connectivity index (χ0n) is 11.0. The van der Waals surface area contributed by atoms with Crippen molar-refractivity contribution in [1.82, 2.24) is 20.2 Å². The number of hydrogen-bond donors (Lipinski definition) is 3. The Balaban J connectivity index is 1.99. The second-order valence-corrected chi connectivity index (χ2v) is 4.20. The Kier molecular flexibility index (Phi) is 4.34. The maximum absolute atomic E-state index is 11.9. The lowest BCUT2D eigenvalue weighted by atomic mass is 10.1. The van der Waals surface area contributed by atoms with Crippen molar-refractivity contribution >= 4 is 17.3 Å². The first-order chi connectivity index (χ1) is 10.1. The minimum Gasteiger partial charge on any atom is -0.409 e. The van der Waals surface area contributed by atoms with Crippen LogP contribution in [0.1, 0.15) is 11.4 Å². The van der Waals surface area contributed by atoms with Crippen molar-refractivity contribution in [3.8, 4) is 0 Å². The summed E-state index contributed by atoms with van der Waals surface area (Å²) in [4.78, 5) is 12.9. The van der Waals surface area contributed by atoms with Gasteiger partial charge in [-0.2, -0.15) is 4.80 Å². The first kappa shape index (κ1) is 14.3. The van der Waals surface area contributed by atoms with Crippen LogP contribution in [-0.2, 0) is 17.8 Å². The van der Waals surface area contributed by atoms with Crippen molar-refractivity contribution in [3.63, 3.8) is 0 Å². The van der Waals surface area contributed by atoms with Crippen molar-refractivity contribution < 1.29 is 10.0 Å². The van der Waals surface area contributed by atoms with Gasteiger partial charge in [0.15, 0.2) is 11.6 Å². The van der Waals surface area contributed by atoms with Crippen LogP contribution in [0.5, 0.6) is 0 Å². The molecular weight excluding hydrogens is 274 g/mol. The van der Waals surface area contributed by atoms with Crippen molar-refractivity contribution in [2.24, 2.45) is 10.9 Å². The highest BCUT2D eigenvalue weighted by molar-refractivity contribution is 6.44. The third kappa shape index (κ3) is 3.69. The van der Waals surface area contributed by atoms with Crippen LogP contribution in [0.25, 0.3) is 0 Å². The van der Waals surface area contributed by atoms with Crippen molar-refractivity contribution in [1.29, 1.82) is 5.41 Å². The lowest BCUT2D eigenvalue weighted by Crippen LogP contribution is -2.25. The minimum absolute atomic E-state index is 0.0641. The van der Waals surface area contributed by atoms with Crippen molar-refractivity contribution in [2.45, 2.75) is 13.0 Å². The summed E-state index contributed by atoms with van der Waals surface area (Å²) in [5.41, 5.74) is 5.79. The van der Waals surface area contributed by atoms with E-state index in [1.165, 1.54) is 0 Å². The summed E-state index contributed by atoms with van der Waals surface area (Å²) in [5.74, 6) is -0.636. The fourth-order valence-electron chi connectivity index (χ4n) is 1.61. The van der Waals surface area contributed by atoms with Crippen LogP contribution in [0, 0.1) is 5.41 Å². The van der Waals surface area contributed by atoms with Gasteiger partial charge in [-0.3, -0.25) is 10.2 Å². The Hall–Kier alpha value is -3.10. The standard InChI is InChI=1S/C12H13N7O2/c13-10(11(14)17-21)12-15-18-19(16-12)7-9(20)6-8-4-2-1-3-5-8/h1-5,13,21H,6-7H2,(H2,14,17). The first-order valence-electron chi connectivity index (χ1n) is 6.00. The average Bonchev–Trinajstić information content (AvgIpc) is 2.94. The predicted molar refractivity (Wildman–Crippen MR) is 73.2 cm³/mol. The zero-order valence-corrected chi connectivity index (χ0v) is 11.0. The third-order valence-electron chi connectivity index (χ3n) is 2.60. The zero-order chi connectivity index (χ0) is 15.2. The summed E-state index contributed by atoms with van der Waals surface area (Å²) in [6.07, 6.45) is 0.259. The molecule has 2 rings (SSSR count). The highest BCUT2D eigenvalue weighted by atomic mass is 16.4. The monoisotopic (exact) mass is 287 g/mol. The number of benzene rings is 1. The van der Waals surface area contributed by atoms with E-state index >= 15 is 0 Å². The van der Waals surface area contributed by atoms with E-state index in [0.717, 1.165) is 10.4 Å². The Bertz CT molecular complexity index is 678. The van der Waals surface area contributed by atoms with E-state index in [2.05, 4.69) is 20.6 Å². The average molecular weight is 287 g/mol. The quantitative estimate of drug-likeness (QED) is 0.285. The summed E-state index contributed by atoms with van der Waals surface area (Å²) < 4.78 is 0. The van der Waals surface area contributed by atoms with Gasteiger partial charge in [-0.1, -0.05) is 35.5 Å². The van der Waals surface area contributed by atoms with Crippen LogP contribution in [-0.4, -0.2) is 42.7 Å². The summed E-state index contributed by atoms with van der Waals surface area (Å²) in [6.45, 7) is -0.0641. The molecule has 0 aliphatic carbocycles. The van der Waals surface area contributed by atoms with Crippen molar-refractivity contribution in [3.05, 3.63) is 41.7 Å². The molecule has 9 heteroatoms. The van der Waals surface area contributed by atoms with E-state index in [1.807, 2.05) is 30.3 Å². The SMILES string of the molecule is N=C(/C(N)=N\O)c1nnn(CC(=O)Cc2ccccc2)n1. The van der Waals surface area contributed by atoms with Crippen LogP contribution in [0.4, 0.5) is 0 Å². The van der Waals surface area contributed by atoms with Gasteiger partial charge in [0.05, 0.1) is 0 Å². The predicted octanol–water partition coefficient (Wildman–Crippen LogP) is -0.401. The number of Topliss-reactive ketones (excluding diaryl/α,β-unsaturated/α-hetero) is 1. The number of nitrogens with zero attached hydrogens (tertiary/aromatic N) is 5. The van der Waals surface area contributed by atoms with E-state index < -0.39 is 5.84 Å². The number of ketones is 1. The number of hydrogen-bond acceptors (Lipinski definition) is 7. The molecule has 0 atom stereocenters. The smallest absolute Gasteiger partial charge is 0.226 e. The topological polar surface area (TPSA) is 143 Å². The number of carbonyl (C=O) groups excluding carboxylic acids is 1. The summed E-state index contributed by atoms with van der Waals surface area (Å²) >= 11 is 0. The molecule has 0 spiro atoms. The number of nitrogens with two attached hydrogens (primary N) is 1. The number of rotatable bonds is 6. The molecule has 9 nitrogen and oxygen atoms in total. The highest BCUT2D eigenvalue weighted by Crippen LogP contribution is 2.01. The number of nitrogens with one attached hydrogen (secondary N) is 1. The molecule has 0 fully saturated rings. The van der Waals surface area contributed by atoms with Crippen LogP contribution < -0.4 is 5.73 Å². The molecule has 108 valence electrons. The van der Waals surface area contributed by atoms with E-state index in [9.17, 15) is 4.79 Å². The molecule has 0 bridgehead atoms. The van der Waals surface area contributed by atoms with Crippen LogP contribution in [0.2, 0.25) is 0 Å². The fraction of sp³-hybridized carbons (Fsp3) is 0.167. The molecule has 1 aromatic carbocycles. The summed E-state index contributed by atoms with van der Waals surface area (Å²) in [5, 5.41) is 29.8. The van der Waals surface area contributed by atoms with Crippen LogP contribution in [0.15, 0.2) is 35.5 Å². The Morgan fingerprint density at radius 3 is 2.76 bits per heavy atom. The van der Waals surface area contributed by atoms with Gasteiger partial charge in [0.1, 0.15) is 12.3 Å². The molecular formula is C12H13N7O2. The first-order valence-corrected chi connectivity index (χ1v) is 6.00. The van der Waals surface area contributed by atoms with E-state index in [-0.39, 0.29) is 30.3 Å². The van der Waals surface area contributed by atoms with E-state index in [4.69, 9.17) is 16.4 Å². The van der Waals surface area contributed by atoms with Gasteiger partial charge in [0.2, 0.25) is 5.82 Å². The lowest BCUT2D eigenvalue weighted by molar-refractivity contribution is -0.119. The van der Waals surface area contributed by atoms with E-state index in [0.29, 0.717) is 0 Å². The molecule has 0 radical (unpaired) electrons. The Morgan fingerprint density at radius 2 is 2.10 bits per heavy atom. The van der Waals surface area contributed by atoms with Crippen LogP contribution in [0.3, 0.4) is 0 Å². The molecule has 0 aliphatic heterocycles. The molecule has 21 heavy (non-hydrogen) atoms. The molecule has 1 aromatic heterocycles. The number of aromatic nitrogens is 4. The molecule has 4 N–H and O–H groups in total. The molecule has 0 saturated heterocycles. The number of amidine groups is 1. The van der Waals surface area contributed by atoms with Gasteiger partial charge in [0, 0.05) is 6.42 Å². The second kappa shape index (κ2) is 6.37. The lowest BCUT2D eigenvalue weighted by Gasteiger charge is -2.00. The molecule has 0 unspecified atom stereocenters. The number of tetrazole rings is 1.